The lowest BCUT2D eigenvalue weighted by atomic mass is 9.93. The quantitative estimate of drug-likeness (QED) is 0.171. The van der Waals surface area contributed by atoms with E-state index in [1.54, 1.807) is 0 Å². The molecule has 0 saturated carbocycles. The summed E-state index contributed by atoms with van der Waals surface area (Å²) in [6.07, 6.45) is 0. The standard InChI is InChI=1S/C53H34N4/c1-4-16-35(17-5-1)36-28-30-37(31-29-36)47-34-48(56-53(55-47)38-18-6-2-7-19-38)42-32-33-43(41-23-11-10-22-40(41)42)51-50-45-25-13-15-27-49(45)57(39-20-8-3-9-21-39)52(50)44-24-12-14-26-46(44)54-51/h1-34H. The number of hydrogen-bond donors (Lipinski definition) is 0. The first kappa shape index (κ1) is 32.7. The van der Waals surface area contributed by atoms with Gasteiger partial charge in [0, 0.05) is 44.1 Å². The maximum Gasteiger partial charge on any atom is 0.160 e. The minimum Gasteiger partial charge on any atom is -0.308 e. The molecule has 3 heterocycles. The maximum absolute atomic E-state index is 5.48. The molecule has 8 aromatic carbocycles. The number of hydrogen-bond acceptors (Lipinski definition) is 3. The van der Waals surface area contributed by atoms with Crippen molar-refractivity contribution in [3.8, 4) is 62.0 Å². The zero-order valence-electron chi connectivity index (χ0n) is 30.9. The van der Waals surface area contributed by atoms with Gasteiger partial charge in [-0.2, -0.15) is 0 Å². The van der Waals surface area contributed by atoms with Gasteiger partial charge in [-0.05, 0) is 52.2 Å². The summed E-state index contributed by atoms with van der Waals surface area (Å²) in [5.74, 6) is 0.690. The van der Waals surface area contributed by atoms with E-state index in [1.807, 2.05) is 24.3 Å². The van der Waals surface area contributed by atoms with Crippen LogP contribution >= 0.6 is 0 Å². The summed E-state index contributed by atoms with van der Waals surface area (Å²) >= 11 is 0. The molecule has 0 aliphatic carbocycles. The molecule has 11 aromatic rings. The van der Waals surface area contributed by atoms with Gasteiger partial charge in [-0.3, -0.25) is 0 Å². The lowest BCUT2D eigenvalue weighted by molar-refractivity contribution is 1.18. The van der Waals surface area contributed by atoms with Gasteiger partial charge in [0.25, 0.3) is 0 Å². The van der Waals surface area contributed by atoms with Crippen molar-refractivity contribution in [2.75, 3.05) is 0 Å². The lowest BCUT2D eigenvalue weighted by Crippen LogP contribution is -1.97. The highest BCUT2D eigenvalue weighted by atomic mass is 15.0. The Labute approximate surface area is 330 Å². The molecule has 3 aromatic heterocycles. The van der Waals surface area contributed by atoms with Crippen LogP contribution in [0.25, 0.3) is 105 Å². The molecule has 4 heteroatoms. The summed E-state index contributed by atoms with van der Waals surface area (Å²) < 4.78 is 2.40. The Morgan fingerprint density at radius 3 is 1.61 bits per heavy atom. The van der Waals surface area contributed by atoms with E-state index < -0.39 is 0 Å². The second kappa shape index (κ2) is 13.6. The lowest BCUT2D eigenvalue weighted by Gasteiger charge is -2.15. The summed E-state index contributed by atoms with van der Waals surface area (Å²) in [7, 11) is 0. The first-order valence-electron chi connectivity index (χ1n) is 19.3. The third-order valence-electron chi connectivity index (χ3n) is 11.0. The van der Waals surface area contributed by atoms with E-state index in [1.165, 1.54) is 16.5 Å². The molecule has 0 bridgehead atoms. The monoisotopic (exact) mass is 726 g/mol. The average molecular weight is 727 g/mol. The van der Waals surface area contributed by atoms with E-state index in [9.17, 15) is 0 Å². The third-order valence-corrected chi connectivity index (χ3v) is 11.0. The Hall–Kier alpha value is -7.69. The number of fused-ring (bicyclic) bond motifs is 6. The van der Waals surface area contributed by atoms with Gasteiger partial charge >= 0.3 is 0 Å². The van der Waals surface area contributed by atoms with Gasteiger partial charge in [-0.25, -0.2) is 15.0 Å². The van der Waals surface area contributed by atoms with Crippen molar-refractivity contribution in [2.45, 2.75) is 0 Å². The molecule has 0 aliphatic heterocycles. The number of pyridine rings is 1. The van der Waals surface area contributed by atoms with E-state index in [0.717, 1.165) is 83.1 Å². The maximum atomic E-state index is 5.48. The Morgan fingerprint density at radius 2 is 0.877 bits per heavy atom. The van der Waals surface area contributed by atoms with Crippen LogP contribution in [0.3, 0.4) is 0 Å². The van der Waals surface area contributed by atoms with E-state index >= 15 is 0 Å². The molecule has 0 radical (unpaired) electrons. The number of rotatable bonds is 6. The van der Waals surface area contributed by atoms with Crippen LogP contribution in [0.5, 0.6) is 0 Å². The van der Waals surface area contributed by atoms with Crippen molar-refractivity contribution in [2.24, 2.45) is 0 Å². The van der Waals surface area contributed by atoms with E-state index in [-0.39, 0.29) is 0 Å². The van der Waals surface area contributed by atoms with Crippen molar-refractivity contribution >= 4 is 43.5 Å². The molecule has 4 nitrogen and oxygen atoms in total. The Balaban J connectivity index is 1.14. The third kappa shape index (κ3) is 5.58. The summed E-state index contributed by atoms with van der Waals surface area (Å²) in [5.41, 5.74) is 13.6. The summed E-state index contributed by atoms with van der Waals surface area (Å²) in [5, 5.41) is 5.65. The fraction of sp³-hybridized carbons (Fsp3) is 0. The van der Waals surface area contributed by atoms with Crippen LogP contribution in [0.4, 0.5) is 0 Å². The van der Waals surface area contributed by atoms with Gasteiger partial charge in [0.2, 0.25) is 0 Å². The van der Waals surface area contributed by atoms with Gasteiger partial charge in [-0.15, -0.1) is 0 Å². The molecule has 266 valence electrons. The fourth-order valence-electron chi connectivity index (χ4n) is 8.36. The minimum absolute atomic E-state index is 0.690. The first-order valence-corrected chi connectivity index (χ1v) is 19.3. The smallest absolute Gasteiger partial charge is 0.160 e. The molecule has 0 aliphatic rings. The van der Waals surface area contributed by atoms with Crippen molar-refractivity contribution in [1.82, 2.24) is 19.5 Å². The number of benzene rings is 8. The number of aromatic nitrogens is 4. The van der Waals surface area contributed by atoms with Crippen LogP contribution in [-0.4, -0.2) is 19.5 Å². The van der Waals surface area contributed by atoms with Crippen molar-refractivity contribution in [3.63, 3.8) is 0 Å². The number of para-hydroxylation sites is 3. The molecule has 0 spiro atoms. The zero-order chi connectivity index (χ0) is 37.7. The highest BCUT2D eigenvalue weighted by Crippen LogP contribution is 2.44. The topological polar surface area (TPSA) is 43.6 Å². The van der Waals surface area contributed by atoms with Crippen molar-refractivity contribution in [1.29, 1.82) is 0 Å². The molecule has 57 heavy (non-hydrogen) atoms. The predicted octanol–water partition coefficient (Wildman–Crippen LogP) is 13.6. The van der Waals surface area contributed by atoms with Crippen molar-refractivity contribution in [3.05, 3.63) is 206 Å². The second-order valence-electron chi connectivity index (χ2n) is 14.4. The van der Waals surface area contributed by atoms with E-state index in [4.69, 9.17) is 15.0 Å². The zero-order valence-corrected chi connectivity index (χ0v) is 30.9. The van der Waals surface area contributed by atoms with Crippen LogP contribution in [-0.2, 0) is 0 Å². The molecule has 0 N–H and O–H groups in total. The van der Waals surface area contributed by atoms with E-state index in [0.29, 0.717) is 5.82 Å². The molecular formula is C53H34N4. The van der Waals surface area contributed by atoms with Gasteiger partial charge in [-0.1, -0.05) is 176 Å². The van der Waals surface area contributed by atoms with Gasteiger partial charge in [0.15, 0.2) is 5.82 Å². The minimum atomic E-state index is 0.690. The van der Waals surface area contributed by atoms with Crippen LogP contribution in [0.1, 0.15) is 0 Å². The molecular weight excluding hydrogens is 693 g/mol. The van der Waals surface area contributed by atoms with Crippen LogP contribution in [0.15, 0.2) is 206 Å². The highest BCUT2D eigenvalue weighted by molar-refractivity contribution is 6.24. The molecule has 0 saturated heterocycles. The summed E-state index contributed by atoms with van der Waals surface area (Å²) in [4.78, 5) is 15.9. The van der Waals surface area contributed by atoms with E-state index in [2.05, 4.69) is 187 Å². The van der Waals surface area contributed by atoms with Crippen LogP contribution < -0.4 is 0 Å². The number of nitrogens with zero attached hydrogens (tertiary/aromatic N) is 4. The van der Waals surface area contributed by atoms with Gasteiger partial charge < -0.3 is 4.57 Å². The highest BCUT2D eigenvalue weighted by Gasteiger charge is 2.22. The summed E-state index contributed by atoms with van der Waals surface area (Å²) in [6, 6.07) is 72.5. The molecule has 0 fully saturated rings. The molecule has 0 atom stereocenters. The fourth-order valence-corrected chi connectivity index (χ4v) is 8.36. The first-order chi connectivity index (χ1) is 28.3. The van der Waals surface area contributed by atoms with Crippen molar-refractivity contribution < 1.29 is 0 Å². The second-order valence-corrected chi connectivity index (χ2v) is 14.4. The van der Waals surface area contributed by atoms with Gasteiger partial charge in [0.05, 0.1) is 33.6 Å². The normalized spacial score (nSPS) is 11.5. The molecule has 11 rings (SSSR count). The predicted molar refractivity (Wildman–Crippen MR) is 236 cm³/mol. The molecule has 0 amide bonds. The van der Waals surface area contributed by atoms with Crippen LogP contribution in [0.2, 0.25) is 0 Å². The Morgan fingerprint density at radius 1 is 0.351 bits per heavy atom. The Bertz CT molecular complexity index is 3260. The SMILES string of the molecule is c1ccc(-c2ccc(-c3cc(-c4ccc(-c5nc6ccccc6c6c5c5ccccc5n6-c5ccccc5)c5ccccc45)nc(-c4ccccc4)n3)cc2)cc1. The Kier molecular flexibility index (Phi) is 7.78. The summed E-state index contributed by atoms with van der Waals surface area (Å²) in [6.45, 7) is 0. The average Bonchev–Trinajstić information content (AvgIpc) is 3.65. The largest absolute Gasteiger partial charge is 0.308 e. The van der Waals surface area contributed by atoms with Crippen LogP contribution in [0, 0.1) is 0 Å². The molecule has 0 unspecified atom stereocenters. The van der Waals surface area contributed by atoms with Gasteiger partial charge in [0.1, 0.15) is 0 Å².